The minimum Gasteiger partial charge on any atom is -0.486 e. The maximum absolute atomic E-state index is 12.8. The Labute approximate surface area is 147 Å². The fourth-order valence-electron chi connectivity index (χ4n) is 3.72. The molecule has 0 aliphatic carbocycles. The van der Waals surface area contributed by atoms with E-state index in [1.807, 2.05) is 17.8 Å². The number of likely N-dealkylation sites (tertiary alicyclic amines) is 1. The van der Waals surface area contributed by atoms with Gasteiger partial charge in [0.1, 0.15) is 13.2 Å². The summed E-state index contributed by atoms with van der Waals surface area (Å²) < 4.78 is 11.3. The molecule has 24 heavy (non-hydrogen) atoms. The van der Waals surface area contributed by atoms with Gasteiger partial charge < -0.3 is 14.4 Å². The Hall–Kier alpha value is -1.40. The van der Waals surface area contributed by atoms with Crippen molar-refractivity contribution in [3.8, 4) is 11.5 Å². The average Bonchev–Trinajstić information content (AvgIpc) is 3.12. The second-order valence-electron chi connectivity index (χ2n) is 6.54. The number of carbonyl (C=O) groups excluding carboxylic acids is 1. The summed E-state index contributed by atoms with van der Waals surface area (Å²) in [5.74, 6) is 4.16. The summed E-state index contributed by atoms with van der Waals surface area (Å²) in [6, 6.07) is 6.29. The highest BCUT2D eigenvalue weighted by Gasteiger charge is 2.31. The van der Waals surface area contributed by atoms with E-state index in [1.165, 1.54) is 5.56 Å². The molecule has 0 spiro atoms. The molecule has 3 heterocycles. The highest BCUT2D eigenvalue weighted by Crippen LogP contribution is 2.38. The standard InChI is InChI=1S/C18H24N2O3S/c21-18(13-19-6-10-24-11-7-19)20-5-1-2-15(20)14-3-4-16-17(12-14)23-9-8-22-16/h3-4,12,15H,1-2,5-11,13H2/t15-/m0/s1. The first-order valence-electron chi connectivity index (χ1n) is 8.80. The Kier molecular flexibility index (Phi) is 4.85. The number of ether oxygens (including phenoxy) is 2. The smallest absolute Gasteiger partial charge is 0.237 e. The second-order valence-corrected chi connectivity index (χ2v) is 7.76. The molecular formula is C18H24N2O3S. The quantitative estimate of drug-likeness (QED) is 0.837. The Morgan fingerprint density at radius 2 is 1.92 bits per heavy atom. The molecule has 3 aliphatic heterocycles. The molecule has 1 aromatic carbocycles. The van der Waals surface area contributed by atoms with E-state index in [-0.39, 0.29) is 11.9 Å². The number of amides is 1. The van der Waals surface area contributed by atoms with Crippen molar-refractivity contribution in [1.29, 1.82) is 0 Å². The van der Waals surface area contributed by atoms with Crippen molar-refractivity contribution in [2.75, 3.05) is 50.9 Å². The summed E-state index contributed by atoms with van der Waals surface area (Å²) in [5.41, 5.74) is 1.17. The van der Waals surface area contributed by atoms with Crippen LogP contribution >= 0.6 is 11.8 Å². The van der Waals surface area contributed by atoms with Gasteiger partial charge in [0.15, 0.2) is 11.5 Å². The van der Waals surface area contributed by atoms with Gasteiger partial charge in [-0.25, -0.2) is 0 Å². The van der Waals surface area contributed by atoms with Gasteiger partial charge in [-0.1, -0.05) is 6.07 Å². The zero-order chi connectivity index (χ0) is 16.4. The van der Waals surface area contributed by atoms with E-state index in [4.69, 9.17) is 9.47 Å². The van der Waals surface area contributed by atoms with Crippen LogP contribution in [-0.4, -0.2) is 66.6 Å². The van der Waals surface area contributed by atoms with Crippen LogP contribution in [0.1, 0.15) is 24.4 Å². The van der Waals surface area contributed by atoms with Gasteiger partial charge in [-0.15, -0.1) is 0 Å². The van der Waals surface area contributed by atoms with E-state index in [0.29, 0.717) is 19.8 Å². The van der Waals surface area contributed by atoms with Gasteiger partial charge in [0, 0.05) is 31.1 Å². The monoisotopic (exact) mass is 348 g/mol. The van der Waals surface area contributed by atoms with E-state index in [1.54, 1.807) is 0 Å². The fourth-order valence-corrected chi connectivity index (χ4v) is 4.70. The van der Waals surface area contributed by atoms with Crippen LogP contribution in [0.5, 0.6) is 11.5 Å². The number of rotatable bonds is 3. The van der Waals surface area contributed by atoms with Gasteiger partial charge >= 0.3 is 0 Å². The Balaban J connectivity index is 1.47. The maximum atomic E-state index is 12.8. The van der Waals surface area contributed by atoms with Crippen molar-refractivity contribution >= 4 is 17.7 Å². The topological polar surface area (TPSA) is 42.0 Å². The van der Waals surface area contributed by atoms with Crippen molar-refractivity contribution in [2.24, 2.45) is 0 Å². The second kappa shape index (κ2) is 7.23. The van der Waals surface area contributed by atoms with Crippen molar-refractivity contribution in [1.82, 2.24) is 9.80 Å². The SMILES string of the molecule is O=C(CN1CCSCC1)N1CCC[C@H]1c1ccc2c(c1)OCCO2. The Morgan fingerprint density at radius 1 is 1.12 bits per heavy atom. The molecule has 0 bridgehead atoms. The lowest BCUT2D eigenvalue weighted by atomic mass is 10.0. The number of fused-ring (bicyclic) bond motifs is 1. The van der Waals surface area contributed by atoms with E-state index in [0.717, 1.165) is 55.5 Å². The van der Waals surface area contributed by atoms with Crippen LogP contribution in [0.15, 0.2) is 18.2 Å². The molecule has 1 aromatic rings. The summed E-state index contributed by atoms with van der Waals surface area (Å²) in [6.07, 6.45) is 2.10. The maximum Gasteiger partial charge on any atom is 0.237 e. The molecule has 6 heteroatoms. The van der Waals surface area contributed by atoms with Crippen LogP contribution in [0.25, 0.3) is 0 Å². The molecule has 4 rings (SSSR count). The third kappa shape index (κ3) is 3.35. The van der Waals surface area contributed by atoms with Crippen LogP contribution < -0.4 is 9.47 Å². The van der Waals surface area contributed by atoms with Crippen LogP contribution in [0.2, 0.25) is 0 Å². The van der Waals surface area contributed by atoms with Crippen LogP contribution in [-0.2, 0) is 4.79 Å². The highest BCUT2D eigenvalue weighted by molar-refractivity contribution is 7.99. The van der Waals surface area contributed by atoms with E-state index in [9.17, 15) is 4.79 Å². The molecule has 2 fully saturated rings. The van der Waals surface area contributed by atoms with Gasteiger partial charge in [-0.3, -0.25) is 9.69 Å². The minimum absolute atomic E-state index is 0.174. The molecule has 2 saturated heterocycles. The Morgan fingerprint density at radius 3 is 2.75 bits per heavy atom. The first-order chi connectivity index (χ1) is 11.8. The van der Waals surface area contributed by atoms with Crippen molar-refractivity contribution in [3.63, 3.8) is 0 Å². The summed E-state index contributed by atoms with van der Waals surface area (Å²) in [6.45, 7) is 4.67. The van der Waals surface area contributed by atoms with Gasteiger partial charge in [-0.2, -0.15) is 11.8 Å². The van der Waals surface area contributed by atoms with Crippen molar-refractivity contribution < 1.29 is 14.3 Å². The first kappa shape index (κ1) is 16.1. The molecular weight excluding hydrogens is 324 g/mol. The van der Waals surface area contributed by atoms with Gasteiger partial charge in [-0.05, 0) is 30.5 Å². The summed E-state index contributed by atoms with van der Waals surface area (Å²) in [5, 5.41) is 0. The third-order valence-electron chi connectivity index (χ3n) is 4.99. The number of nitrogens with zero attached hydrogens (tertiary/aromatic N) is 2. The average molecular weight is 348 g/mol. The lowest BCUT2D eigenvalue weighted by molar-refractivity contribution is -0.133. The lowest BCUT2D eigenvalue weighted by Crippen LogP contribution is -2.43. The van der Waals surface area contributed by atoms with E-state index < -0.39 is 0 Å². The zero-order valence-electron chi connectivity index (χ0n) is 13.9. The molecule has 1 amide bonds. The number of carbonyl (C=O) groups is 1. The molecule has 0 N–H and O–H groups in total. The molecule has 1 atom stereocenters. The molecule has 3 aliphatic rings. The fraction of sp³-hybridized carbons (Fsp3) is 0.611. The number of hydrogen-bond donors (Lipinski definition) is 0. The summed E-state index contributed by atoms with van der Waals surface area (Å²) in [4.78, 5) is 17.2. The van der Waals surface area contributed by atoms with Gasteiger partial charge in [0.2, 0.25) is 5.91 Å². The molecule has 0 aromatic heterocycles. The van der Waals surface area contributed by atoms with Crippen molar-refractivity contribution in [3.05, 3.63) is 23.8 Å². The number of hydrogen-bond acceptors (Lipinski definition) is 5. The normalized spacial score (nSPS) is 24.2. The summed E-state index contributed by atoms with van der Waals surface area (Å²) in [7, 11) is 0. The van der Waals surface area contributed by atoms with Crippen LogP contribution in [0, 0.1) is 0 Å². The first-order valence-corrected chi connectivity index (χ1v) is 9.96. The number of thioether (sulfide) groups is 1. The lowest BCUT2D eigenvalue weighted by Gasteiger charge is -2.31. The molecule has 130 valence electrons. The van der Waals surface area contributed by atoms with Gasteiger partial charge in [0.05, 0.1) is 12.6 Å². The van der Waals surface area contributed by atoms with Gasteiger partial charge in [0.25, 0.3) is 0 Å². The minimum atomic E-state index is 0.174. The zero-order valence-corrected chi connectivity index (χ0v) is 14.7. The summed E-state index contributed by atoms with van der Waals surface area (Å²) >= 11 is 1.98. The van der Waals surface area contributed by atoms with Crippen molar-refractivity contribution in [2.45, 2.75) is 18.9 Å². The largest absolute Gasteiger partial charge is 0.486 e. The molecule has 0 unspecified atom stereocenters. The third-order valence-corrected chi connectivity index (χ3v) is 5.93. The molecule has 0 saturated carbocycles. The van der Waals surface area contributed by atoms with Crippen LogP contribution in [0.3, 0.4) is 0 Å². The molecule has 0 radical (unpaired) electrons. The predicted octanol–water partition coefficient (Wildman–Crippen LogP) is 2.17. The Bertz CT molecular complexity index is 604. The number of benzene rings is 1. The predicted molar refractivity (Wildman–Crippen MR) is 94.9 cm³/mol. The highest BCUT2D eigenvalue weighted by atomic mass is 32.2. The molecule has 5 nitrogen and oxygen atoms in total. The van der Waals surface area contributed by atoms with E-state index in [2.05, 4.69) is 21.9 Å². The van der Waals surface area contributed by atoms with Crippen LogP contribution in [0.4, 0.5) is 0 Å². The van der Waals surface area contributed by atoms with E-state index >= 15 is 0 Å².